The van der Waals surface area contributed by atoms with Gasteiger partial charge in [-0.1, -0.05) is 0 Å². The molecule has 0 unspecified atom stereocenters. The lowest BCUT2D eigenvalue weighted by Crippen LogP contribution is -2.38. The van der Waals surface area contributed by atoms with Gasteiger partial charge >= 0.3 is 5.97 Å². The number of aryl methyl sites for hydroxylation is 1. The second-order valence-electron chi connectivity index (χ2n) is 6.75. The summed E-state index contributed by atoms with van der Waals surface area (Å²) in [6.45, 7) is 0.405. The monoisotopic (exact) mass is 431 g/mol. The molecule has 158 valence electrons. The number of rotatable bonds is 8. The standard InChI is InChI=1S/C20H21N3O6S/c24-18(22-9-2-3-14-11-16(23(27)28)5-6-17(14)22)12-29-19(25)4-1-8-21-20(26)15-7-10-30-13-15/h5-7,10-11,13H,1-4,8-9,12H2,(H,21,26). The van der Waals surface area contributed by atoms with Crippen LogP contribution in [0.1, 0.15) is 35.2 Å². The fourth-order valence-electron chi connectivity index (χ4n) is 3.18. The zero-order valence-corrected chi connectivity index (χ0v) is 17.0. The van der Waals surface area contributed by atoms with Gasteiger partial charge in [-0.25, -0.2) is 0 Å². The van der Waals surface area contributed by atoms with E-state index >= 15 is 0 Å². The minimum Gasteiger partial charge on any atom is -0.456 e. The van der Waals surface area contributed by atoms with Crippen molar-refractivity contribution in [2.24, 2.45) is 0 Å². The Kier molecular flexibility index (Phi) is 7.12. The third-order valence-electron chi connectivity index (χ3n) is 4.68. The Bertz CT molecular complexity index is 944. The molecule has 0 saturated carbocycles. The number of nitrogens with zero attached hydrogens (tertiary/aromatic N) is 2. The van der Waals surface area contributed by atoms with Crippen molar-refractivity contribution in [3.05, 3.63) is 56.3 Å². The van der Waals surface area contributed by atoms with E-state index in [-0.39, 0.29) is 23.9 Å². The van der Waals surface area contributed by atoms with Gasteiger partial charge in [0.2, 0.25) is 0 Å². The van der Waals surface area contributed by atoms with E-state index in [9.17, 15) is 24.5 Å². The fraction of sp³-hybridized carbons (Fsp3) is 0.350. The molecule has 2 aromatic rings. The quantitative estimate of drug-likeness (QED) is 0.297. The van der Waals surface area contributed by atoms with Crippen molar-refractivity contribution in [2.45, 2.75) is 25.7 Å². The number of nitro benzene ring substituents is 1. The Morgan fingerprint density at radius 2 is 2.10 bits per heavy atom. The number of nitrogens with one attached hydrogen (secondary N) is 1. The Balaban J connectivity index is 1.43. The number of hydrogen-bond acceptors (Lipinski definition) is 7. The lowest BCUT2D eigenvalue weighted by atomic mass is 10.0. The lowest BCUT2D eigenvalue weighted by molar-refractivity contribution is -0.384. The summed E-state index contributed by atoms with van der Waals surface area (Å²) in [6, 6.07) is 6.12. The first kappa shape index (κ1) is 21.4. The van der Waals surface area contributed by atoms with Crippen LogP contribution in [0.25, 0.3) is 0 Å². The molecule has 10 heteroatoms. The number of thiophene rings is 1. The van der Waals surface area contributed by atoms with Gasteiger partial charge in [-0.2, -0.15) is 11.3 Å². The first-order valence-electron chi connectivity index (χ1n) is 9.49. The van der Waals surface area contributed by atoms with Gasteiger partial charge in [0.25, 0.3) is 17.5 Å². The fourth-order valence-corrected chi connectivity index (χ4v) is 3.81. The maximum absolute atomic E-state index is 12.5. The van der Waals surface area contributed by atoms with Crippen LogP contribution in [-0.2, 0) is 20.7 Å². The molecule has 2 amide bonds. The molecule has 1 aliphatic heterocycles. The van der Waals surface area contributed by atoms with Crippen molar-refractivity contribution >= 4 is 40.5 Å². The van der Waals surface area contributed by atoms with Crippen LogP contribution in [0.5, 0.6) is 0 Å². The summed E-state index contributed by atoms with van der Waals surface area (Å²) in [5.41, 5.74) is 1.92. The van der Waals surface area contributed by atoms with E-state index in [1.807, 2.05) is 5.38 Å². The Hall–Kier alpha value is -3.27. The van der Waals surface area contributed by atoms with Crippen LogP contribution >= 0.6 is 11.3 Å². The molecule has 0 radical (unpaired) electrons. The van der Waals surface area contributed by atoms with Gasteiger partial charge in [-0.05, 0) is 42.3 Å². The highest BCUT2D eigenvalue weighted by Gasteiger charge is 2.25. The topological polar surface area (TPSA) is 119 Å². The molecule has 2 heterocycles. The van der Waals surface area contributed by atoms with Gasteiger partial charge in [0.1, 0.15) is 0 Å². The van der Waals surface area contributed by atoms with Crippen molar-refractivity contribution in [1.82, 2.24) is 5.32 Å². The number of carbonyl (C=O) groups excluding carboxylic acids is 3. The Labute approximate surface area is 176 Å². The van der Waals surface area contributed by atoms with Crippen molar-refractivity contribution in [1.29, 1.82) is 0 Å². The van der Waals surface area contributed by atoms with Gasteiger partial charge in [-0.15, -0.1) is 0 Å². The molecule has 0 bridgehead atoms. The molecule has 3 rings (SSSR count). The first-order chi connectivity index (χ1) is 14.5. The molecule has 1 N–H and O–H groups in total. The van der Waals surface area contributed by atoms with Crippen LogP contribution in [0.15, 0.2) is 35.0 Å². The van der Waals surface area contributed by atoms with E-state index in [1.54, 1.807) is 17.5 Å². The highest BCUT2D eigenvalue weighted by Crippen LogP contribution is 2.30. The van der Waals surface area contributed by atoms with Gasteiger partial charge in [-0.3, -0.25) is 24.5 Å². The van der Waals surface area contributed by atoms with E-state index in [4.69, 9.17) is 4.74 Å². The highest BCUT2D eigenvalue weighted by atomic mass is 32.1. The van der Waals surface area contributed by atoms with Crippen molar-refractivity contribution in [2.75, 3.05) is 24.6 Å². The van der Waals surface area contributed by atoms with Gasteiger partial charge in [0.05, 0.1) is 4.92 Å². The number of nitro groups is 1. The minimum atomic E-state index is -0.519. The zero-order chi connectivity index (χ0) is 21.5. The average molecular weight is 431 g/mol. The number of carbonyl (C=O) groups is 3. The van der Waals surface area contributed by atoms with Gasteiger partial charge < -0.3 is 15.0 Å². The average Bonchev–Trinajstić information content (AvgIpc) is 3.29. The molecule has 30 heavy (non-hydrogen) atoms. The van der Waals surface area contributed by atoms with Crippen LogP contribution in [0, 0.1) is 10.1 Å². The lowest BCUT2D eigenvalue weighted by Gasteiger charge is -2.29. The Morgan fingerprint density at radius 1 is 1.27 bits per heavy atom. The van der Waals surface area contributed by atoms with Gasteiger partial charge in [0.15, 0.2) is 6.61 Å². The Morgan fingerprint density at radius 3 is 2.83 bits per heavy atom. The van der Waals surface area contributed by atoms with Crippen LogP contribution in [0.3, 0.4) is 0 Å². The van der Waals surface area contributed by atoms with Crippen LogP contribution in [-0.4, -0.2) is 42.4 Å². The number of ether oxygens (including phenoxy) is 1. The summed E-state index contributed by atoms with van der Waals surface area (Å²) in [7, 11) is 0. The van der Waals surface area contributed by atoms with E-state index in [2.05, 4.69) is 5.32 Å². The number of anilines is 1. The van der Waals surface area contributed by atoms with Crippen LogP contribution in [0.4, 0.5) is 11.4 Å². The minimum absolute atomic E-state index is 0.0134. The van der Waals surface area contributed by atoms with Gasteiger partial charge in [0, 0.05) is 48.3 Å². The van der Waals surface area contributed by atoms with E-state index < -0.39 is 17.5 Å². The summed E-state index contributed by atoms with van der Waals surface area (Å²) < 4.78 is 5.06. The summed E-state index contributed by atoms with van der Waals surface area (Å²) in [6.07, 6.45) is 1.81. The second-order valence-corrected chi connectivity index (χ2v) is 7.53. The smallest absolute Gasteiger partial charge is 0.306 e. The van der Waals surface area contributed by atoms with E-state index in [1.165, 1.54) is 28.4 Å². The van der Waals surface area contributed by atoms with Crippen molar-refractivity contribution in [3.8, 4) is 0 Å². The molecule has 1 aliphatic rings. The number of non-ortho nitro benzene ring substituents is 1. The maximum atomic E-state index is 12.5. The van der Waals surface area contributed by atoms with E-state index in [0.717, 1.165) is 5.56 Å². The molecular formula is C20H21N3O6S. The molecule has 1 aromatic heterocycles. The number of benzene rings is 1. The SMILES string of the molecule is O=C(CCCNC(=O)c1ccsc1)OCC(=O)N1CCCc2cc([N+](=O)[O-])ccc21. The van der Waals surface area contributed by atoms with Crippen molar-refractivity contribution in [3.63, 3.8) is 0 Å². The van der Waals surface area contributed by atoms with Crippen LogP contribution < -0.4 is 10.2 Å². The first-order valence-corrected chi connectivity index (χ1v) is 10.4. The molecular weight excluding hydrogens is 410 g/mol. The largest absolute Gasteiger partial charge is 0.456 e. The summed E-state index contributed by atoms with van der Waals surface area (Å²) in [5.74, 6) is -1.08. The highest BCUT2D eigenvalue weighted by molar-refractivity contribution is 7.08. The third-order valence-corrected chi connectivity index (χ3v) is 5.36. The van der Waals surface area contributed by atoms with Crippen LogP contribution in [0.2, 0.25) is 0 Å². The van der Waals surface area contributed by atoms with E-state index in [0.29, 0.717) is 43.6 Å². The predicted molar refractivity (Wildman–Crippen MR) is 111 cm³/mol. The number of amides is 2. The molecule has 0 spiro atoms. The third kappa shape index (κ3) is 5.41. The molecule has 0 saturated heterocycles. The summed E-state index contributed by atoms with van der Waals surface area (Å²) >= 11 is 1.43. The number of fused-ring (bicyclic) bond motifs is 1. The maximum Gasteiger partial charge on any atom is 0.306 e. The number of esters is 1. The summed E-state index contributed by atoms with van der Waals surface area (Å²) in [5, 5.41) is 17.2. The second kappa shape index (κ2) is 9.97. The zero-order valence-electron chi connectivity index (χ0n) is 16.2. The molecule has 1 aromatic carbocycles. The predicted octanol–water partition coefficient (Wildman–Crippen LogP) is 2.69. The number of hydrogen-bond donors (Lipinski definition) is 1. The molecule has 0 atom stereocenters. The normalized spacial score (nSPS) is 12.7. The summed E-state index contributed by atoms with van der Waals surface area (Å²) in [4.78, 5) is 48.1. The molecule has 0 aliphatic carbocycles. The molecule has 9 nitrogen and oxygen atoms in total. The van der Waals surface area contributed by atoms with Crippen molar-refractivity contribution < 1.29 is 24.0 Å². The molecule has 0 fully saturated rings.